The van der Waals surface area contributed by atoms with Crippen LogP contribution in [0.25, 0.3) is 0 Å². The lowest BCUT2D eigenvalue weighted by molar-refractivity contribution is 1.45. The molecule has 0 unspecified atom stereocenters. The summed E-state index contributed by atoms with van der Waals surface area (Å²) in [6.45, 7) is 12.9. The van der Waals surface area contributed by atoms with Crippen molar-refractivity contribution in [3.05, 3.63) is 49.1 Å². The first-order valence-electron chi connectivity index (χ1n) is 2.83. The first kappa shape index (κ1) is 7.96. The molecule has 0 spiro atoms. The number of hydrogen-bond acceptors (Lipinski definition) is 0. The summed E-state index contributed by atoms with van der Waals surface area (Å²) in [5, 5.41) is 0. The second kappa shape index (κ2) is 3.90. The normalized spacial score (nSPS) is 10.6. The van der Waals surface area contributed by atoms with Gasteiger partial charge < -0.3 is 0 Å². The molecule has 0 amide bonds. The summed E-state index contributed by atoms with van der Waals surface area (Å²) >= 11 is 0. The lowest BCUT2D eigenvalue weighted by Crippen LogP contribution is -1.74. The summed E-state index contributed by atoms with van der Waals surface area (Å²) in [5.41, 5.74) is 2.06. The summed E-state index contributed by atoms with van der Waals surface area (Å²) in [7, 11) is 0. The van der Waals surface area contributed by atoms with E-state index in [0.717, 1.165) is 11.1 Å². The molecule has 0 fully saturated rings. The molecule has 0 radical (unpaired) electrons. The Balaban J connectivity index is 4.18. The van der Waals surface area contributed by atoms with Crippen LogP contribution in [0.4, 0.5) is 0 Å². The van der Waals surface area contributed by atoms with Gasteiger partial charge in [-0.3, -0.25) is 0 Å². The van der Waals surface area contributed by atoms with E-state index >= 15 is 0 Å². The predicted molar refractivity (Wildman–Crippen MR) is 43.3 cm³/mol. The van der Waals surface area contributed by atoms with E-state index in [1.54, 1.807) is 12.2 Å². The van der Waals surface area contributed by atoms with Gasteiger partial charge >= 0.3 is 0 Å². The van der Waals surface area contributed by atoms with Crippen molar-refractivity contribution in [3.8, 4) is 0 Å². The van der Waals surface area contributed by atoms with Crippen LogP contribution in [-0.2, 0) is 0 Å². The quantitative estimate of drug-likeness (QED) is 0.502. The molecule has 0 aliphatic carbocycles. The molecule has 0 nitrogen and oxygen atoms in total. The zero-order valence-corrected chi connectivity index (χ0v) is 5.85. The lowest BCUT2D eigenvalue weighted by Gasteiger charge is -1.94. The van der Waals surface area contributed by atoms with Crippen LogP contribution in [-0.4, -0.2) is 0 Å². The molecule has 0 bridgehead atoms. The highest BCUT2D eigenvalue weighted by molar-refractivity contribution is 5.36. The zero-order chi connectivity index (χ0) is 7.28. The zero-order valence-electron chi connectivity index (χ0n) is 5.85. The third kappa shape index (κ3) is 2.70. The molecule has 0 atom stereocenters. The minimum atomic E-state index is 0.954. The second-order valence-corrected chi connectivity index (χ2v) is 1.81. The molecule has 0 saturated heterocycles. The molecule has 0 N–H and O–H groups in total. The molecule has 0 rings (SSSR count). The molecule has 0 heteroatoms. The minimum absolute atomic E-state index is 0.954. The fraction of sp³-hybridized carbons (Fsp3) is 0.111. The molecule has 0 aromatic carbocycles. The van der Waals surface area contributed by atoms with Gasteiger partial charge in [0, 0.05) is 0 Å². The van der Waals surface area contributed by atoms with Crippen LogP contribution in [0.3, 0.4) is 0 Å². The average molecular weight is 120 g/mol. The second-order valence-electron chi connectivity index (χ2n) is 1.81. The molecular weight excluding hydrogens is 108 g/mol. The number of hydrogen-bond donors (Lipinski definition) is 0. The highest BCUT2D eigenvalue weighted by Gasteiger charge is 1.85. The van der Waals surface area contributed by atoms with Crippen molar-refractivity contribution >= 4 is 0 Å². The van der Waals surface area contributed by atoms with E-state index in [1.807, 2.05) is 13.0 Å². The Morgan fingerprint density at radius 3 is 2.22 bits per heavy atom. The van der Waals surface area contributed by atoms with E-state index in [2.05, 4.69) is 19.7 Å². The summed E-state index contributed by atoms with van der Waals surface area (Å²) < 4.78 is 0. The Labute approximate surface area is 56.9 Å². The maximum atomic E-state index is 3.76. The highest BCUT2D eigenvalue weighted by Crippen LogP contribution is 2.05. The molecule has 0 heterocycles. The van der Waals surface area contributed by atoms with Crippen LogP contribution in [0.15, 0.2) is 49.1 Å². The van der Waals surface area contributed by atoms with E-state index in [4.69, 9.17) is 0 Å². The van der Waals surface area contributed by atoms with Crippen molar-refractivity contribution in [2.75, 3.05) is 0 Å². The molecule has 9 heavy (non-hydrogen) atoms. The van der Waals surface area contributed by atoms with Gasteiger partial charge in [0.05, 0.1) is 0 Å². The fourth-order valence-corrected chi connectivity index (χ4v) is 0.445. The average Bonchev–Trinajstić information content (AvgIpc) is 1.87. The molecule has 0 aromatic rings. The van der Waals surface area contributed by atoms with Crippen LogP contribution >= 0.6 is 0 Å². The first-order valence-corrected chi connectivity index (χ1v) is 2.83. The summed E-state index contributed by atoms with van der Waals surface area (Å²) in [6.07, 6.45) is 5.38. The molecule has 0 aromatic heterocycles. The largest absolute Gasteiger partial charge is 0.0991 e. The van der Waals surface area contributed by atoms with Crippen molar-refractivity contribution < 1.29 is 0 Å². The van der Waals surface area contributed by atoms with Crippen molar-refractivity contribution in [3.63, 3.8) is 0 Å². The van der Waals surface area contributed by atoms with E-state index in [-0.39, 0.29) is 0 Å². The van der Waals surface area contributed by atoms with Gasteiger partial charge in [0.25, 0.3) is 0 Å². The van der Waals surface area contributed by atoms with Crippen molar-refractivity contribution in [2.45, 2.75) is 6.92 Å². The van der Waals surface area contributed by atoms with Crippen LogP contribution in [0.1, 0.15) is 6.92 Å². The van der Waals surface area contributed by atoms with Gasteiger partial charge in [-0.1, -0.05) is 38.0 Å². The SMILES string of the molecule is C=C/C=C(/C)C(=C)C=C. The van der Waals surface area contributed by atoms with Crippen molar-refractivity contribution in [1.82, 2.24) is 0 Å². The molecule has 0 aliphatic heterocycles. The van der Waals surface area contributed by atoms with Crippen LogP contribution in [0.2, 0.25) is 0 Å². The van der Waals surface area contributed by atoms with Gasteiger partial charge in [0.2, 0.25) is 0 Å². The van der Waals surface area contributed by atoms with Crippen LogP contribution in [0, 0.1) is 0 Å². The van der Waals surface area contributed by atoms with Gasteiger partial charge in [0.15, 0.2) is 0 Å². The molecule has 48 valence electrons. The Kier molecular flexibility index (Phi) is 3.45. The van der Waals surface area contributed by atoms with E-state index in [9.17, 15) is 0 Å². The maximum Gasteiger partial charge on any atom is -0.0305 e. The summed E-state index contributed by atoms with van der Waals surface area (Å²) in [6, 6.07) is 0. The van der Waals surface area contributed by atoms with Gasteiger partial charge in [-0.25, -0.2) is 0 Å². The van der Waals surface area contributed by atoms with E-state index < -0.39 is 0 Å². The van der Waals surface area contributed by atoms with E-state index in [1.165, 1.54) is 0 Å². The molecule has 0 saturated carbocycles. The van der Waals surface area contributed by atoms with Gasteiger partial charge in [-0.15, -0.1) is 0 Å². The van der Waals surface area contributed by atoms with Crippen LogP contribution in [0.5, 0.6) is 0 Å². The fourth-order valence-electron chi connectivity index (χ4n) is 0.445. The number of allylic oxidation sites excluding steroid dienone is 5. The summed E-state index contributed by atoms with van der Waals surface area (Å²) in [5.74, 6) is 0. The molecule has 0 aliphatic rings. The number of rotatable bonds is 3. The Morgan fingerprint density at radius 1 is 1.33 bits per heavy atom. The third-order valence-corrected chi connectivity index (χ3v) is 1.12. The van der Waals surface area contributed by atoms with E-state index in [0.29, 0.717) is 0 Å². The maximum absolute atomic E-state index is 3.76. The summed E-state index contributed by atoms with van der Waals surface area (Å²) in [4.78, 5) is 0. The Morgan fingerprint density at radius 2 is 1.89 bits per heavy atom. The first-order chi connectivity index (χ1) is 4.22. The van der Waals surface area contributed by atoms with Gasteiger partial charge in [-0.2, -0.15) is 0 Å². The Bertz CT molecular complexity index is 159. The minimum Gasteiger partial charge on any atom is -0.0991 e. The van der Waals surface area contributed by atoms with Crippen molar-refractivity contribution in [1.29, 1.82) is 0 Å². The van der Waals surface area contributed by atoms with Crippen LogP contribution < -0.4 is 0 Å². The highest BCUT2D eigenvalue weighted by atomic mass is 13.9. The lowest BCUT2D eigenvalue weighted by atomic mass is 10.1. The topological polar surface area (TPSA) is 0 Å². The van der Waals surface area contributed by atoms with Gasteiger partial charge in [0.1, 0.15) is 0 Å². The third-order valence-electron chi connectivity index (χ3n) is 1.12. The predicted octanol–water partition coefficient (Wildman–Crippen LogP) is 2.86. The monoisotopic (exact) mass is 120 g/mol. The molecular formula is C9H12. The Hall–Kier alpha value is -1.04. The van der Waals surface area contributed by atoms with Gasteiger partial charge in [-0.05, 0) is 18.1 Å². The standard InChI is InChI=1S/C9H12/c1-5-7-9(4)8(3)6-2/h5-7H,1-3H2,4H3/b9-7-. The van der Waals surface area contributed by atoms with Crippen molar-refractivity contribution in [2.24, 2.45) is 0 Å². The smallest absolute Gasteiger partial charge is 0.0305 e.